The van der Waals surface area contributed by atoms with Crippen LogP contribution in [0.3, 0.4) is 0 Å². The van der Waals surface area contributed by atoms with Gasteiger partial charge in [0.25, 0.3) is 0 Å². The molecule has 0 saturated carbocycles. The zero-order valence-corrected chi connectivity index (χ0v) is 14.4. The van der Waals surface area contributed by atoms with Gasteiger partial charge in [-0.3, -0.25) is 4.57 Å². The monoisotopic (exact) mass is 334 g/mol. The Morgan fingerprint density at radius 1 is 1.38 bits per heavy atom. The molecule has 0 aromatic carbocycles. The minimum atomic E-state index is -0.132. The van der Waals surface area contributed by atoms with E-state index in [4.69, 9.17) is 10.5 Å². The van der Waals surface area contributed by atoms with Gasteiger partial charge in [0.1, 0.15) is 6.33 Å². The van der Waals surface area contributed by atoms with Gasteiger partial charge in [0, 0.05) is 26.3 Å². The fourth-order valence-corrected chi connectivity index (χ4v) is 3.07. The molecule has 2 aromatic heterocycles. The highest BCUT2D eigenvalue weighted by molar-refractivity contribution is 5.82. The number of aromatic nitrogens is 4. The molecule has 1 aliphatic heterocycles. The molecule has 0 aliphatic carbocycles. The summed E-state index contributed by atoms with van der Waals surface area (Å²) in [6.07, 6.45) is 4.30. The Kier molecular flexibility index (Phi) is 5.03. The number of nitrogens with two attached hydrogens (primary N) is 1. The normalized spacial score (nSPS) is 16.1. The number of hydrogen-bond acceptors (Lipinski definition) is 6. The van der Waals surface area contributed by atoms with E-state index >= 15 is 0 Å². The van der Waals surface area contributed by atoms with Gasteiger partial charge in [-0.15, -0.1) is 0 Å². The van der Waals surface area contributed by atoms with Gasteiger partial charge in [0.2, 0.25) is 0 Å². The Morgan fingerprint density at radius 3 is 2.83 bits per heavy atom. The molecule has 0 amide bonds. The fraction of sp³-hybridized carbons (Fsp3) is 0.688. The number of imidazole rings is 1. The van der Waals surface area contributed by atoms with E-state index in [0.717, 1.165) is 32.5 Å². The molecule has 132 valence electrons. The van der Waals surface area contributed by atoms with E-state index in [9.17, 15) is 4.79 Å². The topological polar surface area (TPSA) is 100.0 Å². The molecule has 3 rings (SSSR count). The maximum absolute atomic E-state index is 12.9. The average Bonchev–Trinajstić information content (AvgIpc) is 2.82. The largest absolute Gasteiger partial charge is 0.382 e. The lowest BCUT2D eigenvalue weighted by atomic mass is 10.0. The van der Waals surface area contributed by atoms with Crippen LogP contribution in [0.25, 0.3) is 11.2 Å². The predicted octanol–water partition coefficient (Wildman–Crippen LogP) is 1.19. The number of hydrogen-bond donors (Lipinski definition) is 2. The first-order valence-corrected chi connectivity index (χ1v) is 8.61. The highest BCUT2D eigenvalue weighted by atomic mass is 16.5. The zero-order chi connectivity index (χ0) is 17.1. The van der Waals surface area contributed by atoms with Crippen molar-refractivity contribution in [3.63, 3.8) is 0 Å². The van der Waals surface area contributed by atoms with Gasteiger partial charge < -0.3 is 15.9 Å². The van der Waals surface area contributed by atoms with Crippen LogP contribution in [0.15, 0.2) is 11.1 Å². The van der Waals surface area contributed by atoms with Crippen LogP contribution in [0.4, 0.5) is 5.82 Å². The van der Waals surface area contributed by atoms with Crippen LogP contribution in [-0.4, -0.2) is 39.0 Å². The van der Waals surface area contributed by atoms with E-state index in [2.05, 4.69) is 29.2 Å². The number of nitrogens with one attached hydrogen (secondary N) is 1. The van der Waals surface area contributed by atoms with Crippen LogP contribution in [0.1, 0.15) is 33.1 Å². The van der Waals surface area contributed by atoms with Gasteiger partial charge in [-0.1, -0.05) is 13.8 Å². The van der Waals surface area contributed by atoms with Crippen molar-refractivity contribution in [2.24, 2.45) is 11.8 Å². The van der Waals surface area contributed by atoms with Crippen LogP contribution >= 0.6 is 0 Å². The van der Waals surface area contributed by atoms with Crippen molar-refractivity contribution < 1.29 is 4.74 Å². The second-order valence-electron chi connectivity index (χ2n) is 6.81. The van der Waals surface area contributed by atoms with Gasteiger partial charge >= 0.3 is 5.69 Å². The molecule has 3 N–H and O–H groups in total. The summed E-state index contributed by atoms with van der Waals surface area (Å²) in [5.74, 6) is 1.29. The molecule has 1 fully saturated rings. The Morgan fingerprint density at radius 2 is 2.12 bits per heavy atom. The summed E-state index contributed by atoms with van der Waals surface area (Å²) in [6, 6.07) is 0. The van der Waals surface area contributed by atoms with Gasteiger partial charge in [0.05, 0.1) is 0 Å². The third-order valence-corrected chi connectivity index (χ3v) is 4.51. The number of fused-ring (bicyclic) bond motifs is 1. The van der Waals surface area contributed by atoms with E-state index in [1.807, 2.05) is 0 Å². The molecule has 3 heterocycles. The summed E-state index contributed by atoms with van der Waals surface area (Å²) in [5, 5.41) is 0. The molecule has 8 nitrogen and oxygen atoms in total. The lowest BCUT2D eigenvalue weighted by molar-refractivity contribution is 0.0612. The molecule has 8 heteroatoms. The molecular weight excluding hydrogens is 308 g/mol. The molecule has 0 unspecified atom stereocenters. The third kappa shape index (κ3) is 3.38. The average molecular weight is 334 g/mol. The van der Waals surface area contributed by atoms with E-state index < -0.39 is 0 Å². The fourth-order valence-electron chi connectivity index (χ4n) is 3.07. The number of nitrogen functional groups attached to an aromatic ring is 1. The molecule has 0 atom stereocenters. The first-order valence-electron chi connectivity index (χ1n) is 8.61. The van der Waals surface area contributed by atoms with Crippen LogP contribution in [-0.2, 0) is 11.3 Å². The molecule has 0 spiro atoms. The minimum Gasteiger partial charge on any atom is -0.382 e. The molecule has 1 aliphatic rings. The van der Waals surface area contributed by atoms with Crippen LogP contribution < -0.4 is 16.8 Å². The van der Waals surface area contributed by atoms with Crippen LogP contribution in [0, 0.1) is 11.8 Å². The zero-order valence-electron chi connectivity index (χ0n) is 14.4. The number of anilines is 1. The minimum absolute atomic E-state index is 0.132. The lowest BCUT2D eigenvalue weighted by Crippen LogP contribution is -2.33. The smallest absolute Gasteiger partial charge is 0.349 e. The molecule has 0 radical (unpaired) electrons. The second kappa shape index (κ2) is 7.21. The van der Waals surface area contributed by atoms with Crippen molar-refractivity contribution in [3.8, 4) is 0 Å². The van der Waals surface area contributed by atoms with Crippen molar-refractivity contribution in [1.82, 2.24) is 19.2 Å². The van der Waals surface area contributed by atoms with Crippen molar-refractivity contribution in [2.75, 3.05) is 30.9 Å². The Labute approximate surface area is 141 Å². The van der Waals surface area contributed by atoms with Crippen molar-refractivity contribution in [3.05, 3.63) is 16.8 Å². The van der Waals surface area contributed by atoms with E-state index in [1.54, 1.807) is 4.57 Å². The van der Waals surface area contributed by atoms with Crippen molar-refractivity contribution >= 4 is 17.0 Å². The maximum Gasteiger partial charge on any atom is 0.349 e. The van der Waals surface area contributed by atoms with Gasteiger partial charge in [-0.25, -0.2) is 19.4 Å². The highest BCUT2D eigenvalue weighted by Crippen LogP contribution is 2.20. The first-order chi connectivity index (χ1) is 11.6. The molecule has 2 aromatic rings. The van der Waals surface area contributed by atoms with E-state index in [1.165, 1.54) is 11.0 Å². The number of ether oxygens (including phenoxy) is 1. The Hall–Kier alpha value is -2.09. The Bertz CT molecular complexity index is 745. The summed E-state index contributed by atoms with van der Waals surface area (Å²) in [4.78, 5) is 21.3. The summed E-state index contributed by atoms with van der Waals surface area (Å²) in [5.41, 5.74) is 10.2. The maximum atomic E-state index is 12.9. The van der Waals surface area contributed by atoms with E-state index in [-0.39, 0.29) is 5.69 Å². The number of rotatable bonds is 6. The van der Waals surface area contributed by atoms with Gasteiger partial charge in [-0.05, 0) is 31.1 Å². The van der Waals surface area contributed by atoms with Crippen molar-refractivity contribution in [2.45, 2.75) is 39.7 Å². The molecule has 24 heavy (non-hydrogen) atoms. The molecular formula is C16H26N6O2. The summed E-state index contributed by atoms with van der Waals surface area (Å²) >= 11 is 0. The second-order valence-corrected chi connectivity index (χ2v) is 6.81. The lowest BCUT2D eigenvalue weighted by Gasteiger charge is -2.21. The number of nitrogens with zero attached hydrogens (tertiary/aromatic N) is 4. The van der Waals surface area contributed by atoms with Crippen LogP contribution in [0.5, 0.6) is 0 Å². The van der Waals surface area contributed by atoms with Crippen LogP contribution in [0.2, 0.25) is 0 Å². The summed E-state index contributed by atoms with van der Waals surface area (Å²) < 4.78 is 8.62. The predicted molar refractivity (Wildman–Crippen MR) is 93.4 cm³/mol. The molecule has 0 bridgehead atoms. The first kappa shape index (κ1) is 16.8. The quantitative estimate of drug-likeness (QED) is 0.823. The Balaban J connectivity index is 1.94. The summed E-state index contributed by atoms with van der Waals surface area (Å²) in [7, 11) is 0. The van der Waals surface area contributed by atoms with E-state index in [0.29, 0.717) is 41.9 Å². The van der Waals surface area contributed by atoms with Gasteiger partial charge in [0.15, 0.2) is 17.0 Å². The van der Waals surface area contributed by atoms with Gasteiger partial charge in [-0.2, -0.15) is 0 Å². The van der Waals surface area contributed by atoms with Crippen molar-refractivity contribution in [1.29, 1.82) is 0 Å². The third-order valence-electron chi connectivity index (χ3n) is 4.51. The SMILES string of the molecule is CC(C)CCNn1c(=O)n(CC2CCOCC2)c2ncnc(N)c21. The summed E-state index contributed by atoms with van der Waals surface area (Å²) in [6.45, 7) is 7.13. The standard InChI is InChI=1S/C16H26N6O2/c1-11(2)3-6-20-22-13-14(17)18-10-19-15(13)21(16(22)23)9-12-4-7-24-8-5-12/h10-12,20H,3-9H2,1-2H3,(H2,17,18,19). The highest BCUT2D eigenvalue weighted by Gasteiger charge is 2.21. The molecule has 1 saturated heterocycles.